The summed E-state index contributed by atoms with van der Waals surface area (Å²) in [4.78, 5) is 1.11. The van der Waals surface area contributed by atoms with Crippen LogP contribution in [0.1, 0.15) is 11.6 Å². The highest BCUT2D eigenvalue weighted by Crippen LogP contribution is 2.29. The summed E-state index contributed by atoms with van der Waals surface area (Å²) in [6.07, 6.45) is 0. The molecule has 2 rings (SSSR count). The Kier molecular flexibility index (Phi) is 5.55. The van der Waals surface area contributed by atoms with Crippen molar-refractivity contribution in [3.8, 4) is 0 Å². The molecule has 0 heterocycles. The van der Waals surface area contributed by atoms with E-state index in [1.807, 2.05) is 48.5 Å². The summed E-state index contributed by atoms with van der Waals surface area (Å²) < 4.78 is 0. The standard InChI is InChI=1S/C14H14Cl2N2S/c15-10-4-3-5-11(8-10)19-9-14(18-17)12-6-1-2-7-13(12)16/h1-8,14,18H,9,17H2. The minimum atomic E-state index is -0.00215. The highest BCUT2D eigenvalue weighted by molar-refractivity contribution is 7.99. The van der Waals surface area contributed by atoms with Gasteiger partial charge >= 0.3 is 0 Å². The number of nitrogens with one attached hydrogen (secondary N) is 1. The Balaban J connectivity index is 2.06. The summed E-state index contributed by atoms with van der Waals surface area (Å²) in [5.41, 5.74) is 3.81. The molecule has 0 aliphatic heterocycles. The monoisotopic (exact) mass is 312 g/mol. The van der Waals surface area contributed by atoms with Crippen LogP contribution in [0.2, 0.25) is 10.0 Å². The van der Waals surface area contributed by atoms with E-state index in [1.165, 1.54) is 0 Å². The molecular weight excluding hydrogens is 299 g/mol. The van der Waals surface area contributed by atoms with Crippen LogP contribution in [0.3, 0.4) is 0 Å². The van der Waals surface area contributed by atoms with Gasteiger partial charge in [-0.15, -0.1) is 11.8 Å². The maximum Gasteiger partial charge on any atom is 0.0568 e. The molecule has 0 aliphatic carbocycles. The molecule has 0 radical (unpaired) electrons. The lowest BCUT2D eigenvalue weighted by molar-refractivity contribution is 0.611. The minimum Gasteiger partial charge on any atom is -0.271 e. The molecule has 3 N–H and O–H groups in total. The van der Waals surface area contributed by atoms with Crippen molar-refractivity contribution in [1.82, 2.24) is 5.43 Å². The van der Waals surface area contributed by atoms with E-state index in [-0.39, 0.29) is 6.04 Å². The van der Waals surface area contributed by atoms with Crippen molar-refractivity contribution in [3.63, 3.8) is 0 Å². The number of thioether (sulfide) groups is 1. The highest BCUT2D eigenvalue weighted by atomic mass is 35.5. The van der Waals surface area contributed by atoms with Crippen LogP contribution in [-0.2, 0) is 0 Å². The molecule has 2 aromatic rings. The number of rotatable bonds is 5. The Bertz CT molecular complexity index is 548. The molecular formula is C14H14Cl2N2S. The molecule has 0 spiro atoms. The lowest BCUT2D eigenvalue weighted by atomic mass is 10.1. The highest BCUT2D eigenvalue weighted by Gasteiger charge is 2.13. The molecule has 2 aromatic carbocycles. The molecule has 1 unspecified atom stereocenters. The second-order valence-corrected chi connectivity index (χ2v) is 5.95. The molecule has 0 amide bonds. The van der Waals surface area contributed by atoms with Gasteiger partial charge in [0.25, 0.3) is 0 Å². The zero-order valence-corrected chi connectivity index (χ0v) is 12.5. The summed E-state index contributed by atoms with van der Waals surface area (Å²) in [6.45, 7) is 0. The predicted molar refractivity (Wildman–Crippen MR) is 83.7 cm³/mol. The van der Waals surface area contributed by atoms with Gasteiger partial charge in [-0.05, 0) is 29.8 Å². The first-order valence-corrected chi connectivity index (χ1v) is 7.54. The van der Waals surface area contributed by atoms with E-state index in [4.69, 9.17) is 29.0 Å². The fourth-order valence-corrected chi connectivity index (χ4v) is 3.26. The Morgan fingerprint density at radius 2 is 1.89 bits per heavy atom. The zero-order valence-electron chi connectivity index (χ0n) is 10.1. The van der Waals surface area contributed by atoms with E-state index >= 15 is 0 Å². The fraction of sp³-hybridized carbons (Fsp3) is 0.143. The summed E-state index contributed by atoms with van der Waals surface area (Å²) in [5.74, 6) is 6.40. The second-order valence-electron chi connectivity index (χ2n) is 4.01. The van der Waals surface area contributed by atoms with Gasteiger partial charge in [0.1, 0.15) is 0 Å². The molecule has 5 heteroatoms. The molecule has 0 aliphatic rings. The van der Waals surface area contributed by atoms with Crippen molar-refractivity contribution in [2.45, 2.75) is 10.9 Å². The van der Waals surface area contributed by atoms with E-state index in [2.05, 4.69) is 5.43 Å². The number of hydrogen-bond donors (Lipinski definition) is 2. The third-order valence-electron chi connectivity index (χ3n) is 2.69. The molecule has 0 bridgehead atoms. The third-order valence-corrected chi connectivity index (χ3v) is 4.36. The molecule has 0 aromatic heterocycles. The summed E-state index contributed by atoms with van der Waals surface area (Å²) in [5, 5.41) is 1.46. The van der Waals surface area contributed by atoms with Crippen molar-refractivity contribution < 1.29 is 0 Å². The Morgan fingerprint density at radius 3 is 2.58 bits per heavy atom. The number of benzene rings is 2. The predicted octanol–water partition coefficient (Wildman–Crippen LogP) is 4.29. The van der Waals surface area contributed by atoms with E-state index in [0.717, 1.165) is 26.3 Å². The number of hydrazine groups is 1. The number of hydrogen-bond acceptors (Lipinski definition) is 3. The maximum atomic E-state index is 6.18. The zero-order chi connectivity index (χ0) is 13.7. The lowest BCUT2D eigenvalue weighted by Gasteiger charge is -2.17. The molecule has 19 heavy (non-hydrogen) atoms. The summed E-state index contributed by atoms with van der Waals surface area (Å²) >= 11 is 13.8. The first-order valence-electron chi connectivity index (χ1n) is 5.79. The molecule has 2 nitrogen and oxygen atoms in total. The van der Waals surface area contributed by atoms with Crippen molar-refractivity contribution in [1.29, 1.82) is 0 Å². The average molecular weight is 313 g/mol. The van der Waals surface area contributed by atoms with Crippen molar-refractivity contribution >= 4 is 35.0 Å². The normalized spacial score (nSPS) is 12.4. The minimum absolute atomic E-state index is 0.00215. The van der Waals surface area contributed by atoms with Gasteiger partial charge in [-0.25, -0.2) is 0 Å². The van der Waals surface area contributed by atoms with Crippen LogP contribution in [0.25, 0.3) is 0 Å². The molecule has 0 fully saturated rings. The number of nitrogens with two attached hydrogens (primary N) is 1. The van der Waals surface area contributed by atoms with Crippen LogP contribution in [0.5, 0.6) is 0 Å². The largest absolute Gasteiger partial charge is 0.271 e. The van der Waals surface area contributed by atoms with E-state index < -0.39 is 0 Å². The quantitative estimate of drug-likeness (QED) is 0.491. The van der Waals surface area contributed by atoms with Crippen LogP contribution in [0.15, 0.2) is 53.4 Å². The van der Waals surface area contributed by atoms with Crippen LogP contribution in [0, 0.1) is 0 Å². The van der Waals surface area contributed by atoms with Gasteiger partial charge in [0.15, 0.2) is 0 Å². The van der Waals surface area contributed by atoms with E-state index in [0.29, 0.717) is 0 Å². The number of halogens is 2. The van der Waals surface area contributed by atoms with Crippen molar-refractivity contribution in [3.05, 3.63) is 64.1 Å². The van der Waals surface area contributed by atoms with Crippen molar-refractivity contribution in [2.75, 3.05) is 5.75 Å². The topological polar surface area (TPSA) is 38.0 Å². The van der Waals surface area contributed by atoms with E-state index in [9.17, 15) is 0 Å². The Morgan fingerprint density at radius 1 is 1.11 bits per heavy atom. The van der Waals surface area contributed by atoms with Gasteiger partial charge in [-0.3, -0.25) is 11.3 Å². The van der Waals surface area contributed by atoms with Gasteiger partial charge in [-0.2, -0.15) is 0 Å². The second kappa shape index (κ2) is 7.17. The lowest BCUT2D eigenvalue weighted by Crippen LogP contribution is -2.29. The van der Waals surface area contributed by atoms with E-state index in [1.54, 1.807) is 11.8 Å². The Hall–Kier alpha value is -0.710. The summed E-state index contributed by atoms with van der Waals surface area (Å²) in [6, 6.07) is 15.5. The fourth-order valence-electron chi connectivity index (χ4n) is 1.72. The first-order chi connectivity index (χ1) is 9.20. The van der Waals surface area contributed by atoms with Crippen LogP contribution >= 0.6 is 35.0 Å². The van der Waals surface area contributed by atoms with Gasteiger partial charge in [-0.1, -0.05) is 47.5 Å². The van der Waals surface area contributed by atoms with Crippen LogP contribution in [0.4, 0.5) is 0 Å². The molecule has 0 saturated carbocycles. The molecule has 0 saturated heterocycles. The van der Waals surface area contributed by atoms with Gasteiger partial charge in [0.2, 0.25) is 0 Å². The summed E-state index contributed by atoms with van der Waals surface area (Å²) in [7, 11) is 0. The van der Waals surface area contributed by atoms with Gasteiger partial charge in [0.05, 0.1) is 6.04 Å². The SMILES string of the molecule is NNC(CSc1cccc(Cl)c1)c1ccccc1Cl. The Labute approximate surface area is 127 Å². The third kappa shape index (κ3) is 4.13. The molecule has 100 valence electrons. The maximum absolute atomic E-state index is 6.18. The van der Waals surface area contributed by atoms with Crippen molar-refractivity contribution in [2.24, 2.45) is 5.84 Å². The van der Waals surface area contributed by atoms with Crippen LogP contribution in [-0.4, -0.2) is 5.75 Å². The van der Waals surface area contributed by atoms with Gasteiger partial charge < -0.3 is 0 Å². The first kappa shape index (κ1) is 14.7. The smallest absolute Gasteiger partial charge is 0.0568 e. The molecule has 1 atom stereocenters. The van der Waals surface area contributed by atoms with Gasteiger partial charge in [0, 0.05) is 20.7 Å². The van der Waals surface area contributed by atoms with Crippen LogP contribution < -0.4 is 11.3 Å². The average Bonchev–Trinajstić information content (AvgIpc) is 2.41.